The fraction of sp³-hybridized carbons (Fsp3) is 0.462. The Labute approximate surface area is 105 Å². The summed E-state index contributed by atoms with van der Waals surface area (Å²) >= 11 is 0. The van der Waals surface area contributed by atoms with Gasteiger partial charge in [-0.3, -0.25) is 4.79 Å². The van der Waals surface area contributed by atoms with Gasteiger partial charge in [0.2, 0.25) is 0 Å². The van der Waals surface area contributed by atoms with Gasteiger partial charge in [0.15, 0.2) is 0 Å². The van der Waals surface area contributed by atoms with Crippen molar-refractivity contribution in [3.63, 3.8) is 0 Å². The lowest BCUT2D eigenvalue weighted by atomic mass is 10.1. The lowest BCUT2D eigenvalue weighted by Gasteiger charge is -2.16. The van der Waals surface area contributed by atoms with E-state index in [1.807, 2.05) is 6.92 Å². The van der Waals surface area contributed by atoms with Gasteiger partial charge in [-0.1, -0.05) is 0 Å². The van der Waals surface area contributed by atoms with E-state index in [0.717, 1.165) is 6.42 Å². The first-order valence-electron chi connectivity index (χ1n) is 5.97. The van der Waals surface area contributed by atoms with Gasteiger partial charge in [0.05, 0.1) is 17.7 Å². The van der Waals surface area contributed by atoms with E-state index in [1.165, 1.54) is 12.1 Å². The second kappa shape index (κ2) is 4.94. The summed E-state index contributed by atoms with van der Waals surface area (Å²) in [5.74, 6) is -0.960. The van der Waals surface area contributed by atoms with E-state index in [1.54, 1.807) is 6.92 Å². The summed E-state index contributed by atoms with van der Waals surface area (Å²) in [5.41, 5.74) is 6.38. The van der Waals surface area contributed by atoms with Crippen molar-refractivity contribution in [2.24, 2.45) is 0 Å². The van der Waals surface area contributed by atoms with Gasteiger partial charge in [0.1, 0.15) is 5.82 Å². The fourth-order valence-electron chi connectivity index (χ4n) is 2.13. The Kier molecular flexibility index (Phi) is 3.52. The molecule has 18 heavy (non-hydrogen) atoms. The van der Waals surface area contributed by atoms with Gasteiger partial charge in [0.25, 0.3) is 5.91 Å². The molecule has 5 heteroatoms. The number of nitrogens with one attached hydrogen (secondary N) is 1. The van der Waals surface area contributed by atoms with E-state index in [2.05, 4.69) is 5.32 Å². The van der Waals surface area contributed by atoms with Gasteiger partial charge >= 0.3 is 0 Å². The quantitative estimate of drug-likeness (QED) is 0.786. The summed E-state index contributed by atoms with van der Waals surface area (Å²) in [6.45, 7) is 4.09. The third-order valence-electron chi connectivity index (χ3n) is 3.21. The van der Waals surface area contributed by atoms with Crippen LogP contribution < -0.4 is 11.1 Å². The standard InChI is InChI=1S/C13H17FN2O2/c1-7-5-9(15)6-10(12(7)14)13(17)16-11-3-4-18-8(11)2/h5-6,8,11H,3-4,15H2,1-2H3,(H,16,17). The number of hydrogen-bond acceptors (Lipinski definition) is 3. The number of carbonyl (C=O) groups is 1. The number of nitrogens with two attached hydrogens (primary N) is 1. The monoisotopic (exact) mass is 252 g/mol. The summed E-state index contributed by atoms with van der Waals surface area (Å²) < 4.78 is 19.2. The van der Waals surface area contributed by atoms with Gasteiger partial charge in [-0.25, -0.2) is 4.39 Å². The van der Waals surface area contributed by atoms with Crippen molar-refractivity contribution in [2.75, 3.05) is 12.3 Å². The van der Waals surface area contributed by atoms with Crippen molar-refractivity contribution < 1.29 is 13.9 Å². The van der Waals surface area contributed by atoms with Crippen LogP contribution in [0, 0.1) is 12.7 Å². The molecule has 1 aliphatic heterocycles. The highest BCUT2D eigenvalue weighted by molar-refractivity contribution is 5.95. The average Bonchev–Trinajstić information content (AvgIpc) is 2.69. The first kappa shape index (κ1) is 12.8. The van der Waals surface area contributed by atoms with Crippen LogP contribution in [0.25, 0.3) is 0 Å². The number of benzene rings is 1. The minimum absolute atomic E-state index is 0.00778. The summed E-state index contributed by atoms with van der Waals surface area (Å²) in [6.07, 6.45) is 0.703. The first-order chi connectivity index (χ1) is 8.49. The highest BCUT2D eigenvalue weighted by Gasteiger charge is 2.27. The van der Waals surface area contributed by atoms with Crippen LogP contribution >= 0.6 is 0 Å². The zero-order valence-electron chi connectivity index (χ0n) is 10.5. The summed E-state index contributed by atoms with van der Waals surface area (Å²) in [4.78, 5) is 12.0. The van der Waals surface area contributed by atoms with Crippen molar-refractivity contribution in [1.82, 2.24) is 5.32 Å². The SMILES string of the molecule is Cc1cc(N)cc(C(=O)NC2CCOC2C)c1F. The van der Waals surface area contributed by atoms with Crippen molar-refractivity contribution in [2.45, 2.75) is 32.4 Å². The van der Waals surface area contributed by atoms with Crippen LogP contribution in [0.15, 0.2) is 12.1 Å². The number of rotatable bonds is 2. The maximum atomic E-state index is 13.9. The largest absolute Gasteiger partial charge is 0.399 e. The molecule has 0 aliphatic carbocycles. The molecular weight excluding hydrogens is 235 g/mol. The third-order valence-corrected chi connectivity index (χ3v) is 3.21. The average molecular weight is 252 g/mol. The molecule has 98 valence electrons. The number of hydrogen-bond donors (Lipinski definition) is 2. The second-order valence-electron chi connectivity index (χ2n) is 4.64. The van der Waals surface area contributed by atoms with Crippen LogP contribution in [-0.4, -0.2) is 24.7 Å². The number of aryl methyl sites for hydroxylation is 1. The smallest absolute Gasteiger partial charge is 0.254 e. The Hall–Kier alpha value is -1.62. The number of amides is 1. The summed E-state index contributed by atoms with van der Waals surface area (Å²) in [5, 5.41) is 2.78. The zero-order chi connectivity index (χ0) is 13.3. The molecule has 2 unspecified atom stereocenters. The molecule has 0 radical (unpaired) electrons. The van der Waals surface area contributed by atoms with Gasteiger partial charge in [-0.15, -0.1) is 0 Å². The van der Waals surface area contributed by atoms with E-state index in [9.17, 15) is 9.18 Å². The summed E-state index contributed by atoms with van der Waals surface area (Å²) in [6, 6.07) is 2.80. The van der Waals surface area contributed by atoms with Gasteiger partial charge in [0, 0.05) is 12.3 Å². The molecule has 0 spiro atoms. The van der Waals surface area contributed by atoms with Crippen LogP contribution in [-0.2, 0) is 4.74 Å². The molecular formula is C13H17FN2O2. The van der Waals surface area contributed by atoms with E-state index in [-0.39, 0.29) is 17.7 Å². The highest BCUT2D eigenvalue weighted by atomic mass is 19.1. The molecule has 0 aromatic heterocycles. The number of nitrogen functional groups attached to an aromatic ring is 1. The van der Waals surface area contributed by atoms with E-state index < -0.39 is 11.7 Å². The van der Waals surface area contributed by atoms with Crippen molar-refractivity contribution in [3.8, 4) is 0 Å². The Morgan fingerprint density at radius 2 is 2.28 bits per heavy atom. The van der Waals surface area contributed by atoms with Crippen LogP contribution in [0.5, 0.6) is 0 Å². The maximum Gasteiger partial charge on any atom is 0.254 e. The molecule has 3 N–H and O–H groups in total. The van der Waals surface area contributed by atoms with Gasteiger partial charge in [-0.05, 0) is 38.0 Å². The molecule has 4 nitrogen and oxygen atoms in total. The van der Waals surface area contributed by atoms with Gasteiger partial charge < -0.3 is 15.8 Å². The molecule has 1 aliphatic rings. The minimum Gasteiger partial charge on any atom is -0.399 e. The topological polar surface area (TPSA) is 64.4 Å². The Bertz CT molecular complexity index is 476. The van der Waals surface area contributed by atoms with Crippen molar-refractivity contribution in [1.29, 1.82) is 0 Å². The lowest BCUT2D eigenvalue weighted by molar-refractivity contribution is 0.0862. The van der Waals surface area contributed by atoms with E-state index >= 15 is 0 Å². The molecule has 0 saturated carbocycles. The first-order valence-corrected chi connectivity index (χ1v) is 5.97. The Morgan fingerprint density at radius 3 is 2.89 bits per heavy atom. The predicted molar refractivity (Wildman–Crippen MR) is 66.8 cm³/mol. The van der Waals surface area contributed by atoms with Crippen LogP contribution in [0.2, 0.25) is 0 Å². The molecule has 2 atom stereocenters. The Morgan fingerprint density at radius 1 is 1.56 bits per heavy atom. The molecule has 1 heterocycles. The number of halogens is 1. The van der Waals surface area contributed by atoms with Gasteiger partial charge in [-0.2, -0.15) is 0 Å². The molecule has 1 aromatic carbocycles. The molecule has 1 amide bonds. The van der Waals surface area contributed by atoms with Crippen LogP contribution in [0.3, 0.4) is 0 Å². The van der Waals surface area contributed by atoms with Crippen molar-refractivity contribution in [3.05, 3.63) is 29.1 Å². The fourth-order valence-corrected chi connectivity index (χ4v) is 2.13. The second-order valence-corrected chi connectivity index (χ2v) is 4.64. The Balaban J connectivity index is 2.18. The van der Waals surface area contributed by atoms with E-state index in [4.69, 9.17) is 10.5 Å². The van der Waals surface area contributed by atoms with E-state index in [0.29, 0.717) is 17.9 Å². The van der Waals surface area contributed by atoms with Crippen LogP contribution in [0.1, 0.15) is 29.3 Å². The van der Waals surface area contributed by atoms with Crippen molar-refractivity contribution >= 4 is 11.6 Å². The summed E-state index contributed by atoms with van der Waals surface area (Å²) in [7, 11) is 0. The molecule has 1 aromatic rings. The lowest BCUT2D eigenvalue weighted by Crippen LogP contribution is -2.39. The molecule has 0 bridgehead atoms. The zero-order valence-corrected chi connectivity index (χ0v) is 10.5. The number of ether oxygens (including phenoxy) is 1. The highest BCUT2D eigenvalue weighted by Crippen LogP contribution is 2.19. The third kappa shape index (κ3) is 2.46. The maximum absolute atomic E-state index is 13.9. The predicted octanol–water partition coefficient (Wildman–Crippen LogP) is 1.62. The molecule has 1 saturated heterocycles. The molecule has 1 fully saturated rings. The van der Waals surface area contributed by atoms with Crippen LogP contribution in [0.4, 0.5) is 10.1 Å². The minimum atomic E-state index is -0.520. The number of anilines is 1. The molecule has 2 rings (SSSR count). The normalized spacial score (nSPS) is 23.1. The number of carbonyl (C=O) groups excluding carboxylic acids is 1.